The lowest BCUT2D eigenvalue weighted by molar-refractivity contribution is -0.116. The van der Waals surface area contributed by atoms with Crippen molar-refractivity contribution in [1.29, 1.82) is 0 Å². The number of aromatic nitrogens is 1. The van der Waals surface area contributed by atoms with Crippen molar-refractivity contribution in [2.75, 3.05) is 24.9 Å². The van der Waals surface area contributed by atoms with Crippen LogP contribution in [0, 0.1) is 0 Å². The number of nitrogens with one attached hydrogen (secondary N) is 2. The Bertz CT molecular complexity index is 657. The van der Waals surface area contributed by atoms with Crippen molar-refractivity contribution in [2.24, 2.45) is 0 Å². The molecule has 1 heterocycles. The SMILES string of the molecule is CCCC(=O)Nc1ccc(Nc2ccc(OC)cc2OC)cn1. The zero-order valence-corrected chi connectivity index (χ0v) is 13.6. The average molecular weight is 315 g/mol. The number of pyridine rings is 1. The molecular weight excluding hydrogens is 294 g/mol. The zero-order chi connectivity index (χ0) is 16.7. The second-order valence-electron chi connectivity index (χ2n) is 4.92. The highest BCUT2D eigenvalue weighted by atomic mass is 16.5. The van der Waals surface area contributed by atoms with Crippen molar-refractivity contribution in [2.45, 2.75) is 19.8 Å². The van der Waals surface area contributed by atoms with Gasteiger partial charge in [0.1, 0.15) is 17.3 Å². The van der Waals surface area contributed by atoms with Gasteiger partial charge in [-0.05, 0) is 30.7 Å². The molecule has 0 fully saturated rings. The lowest BCUT2D eigenvalue weighted by atomic mass is 10.2. The van der Waals surface area contributed by atoms with Crippen LogP contribution in [0.15, 0.2) is 36.5 Å². The van der Waals surface area contributed by atoms with E-state index in [1.54, 1.807) is 32.5 Å². The Morgan fingerprint density at radius 1 is 1.17 bits per heavy atom. The van der Waals surface area contributed by atoms with Crippen LogP contribution < -0.4 is 20.1 Å². The zero-order valence-electron chi connectivity index (χ0n) is 13.6. The van der Waals surface area contributed by atoms with Crippen LogP contribution in [0.5, 0.6) is 11.5 Å². The molecule has 1 amide bonds. The fourth-order valence-electron chi connectivity index (χ4n) is 2.03. The molecule has 0 aliphatic rings. The molecule has 0 radical (unpaired) electrons. The molecule has 23 heavy (non-hydrogen) atoms. The van der Waals surface area contributed by atoms with E-state index in [1.807, 2.05) is 25.1 Å². The van der Waals surface area contributed by atoms with E-state index in [4.69, 9.17) is 9.47 Å². The maximum Gasteiger partial charge on any atom is 0.225 e. The Balaban J connectivity index is 2.07. The van der Waals surface area contributed by atoms with E-state index < -0.39 is 0 Å². The summed E-state index contributed by atoms with van der Waals surface area (Å²) in [6.07, 6.45) is 2.96. The fourth-order valence-corrected chi connectivity index (χ4v) is 2.03. The van der Waals surface area contributed by atoms with Crippen LogP contribution in [0.1, 0.15) is 19.8 Å². The summed E-state index contributed by atoms with van der Waals surface area (Å²) in [7, 11) is 3.21. The lowest BCUT2D eigenvalue weighted by Crippen LogP contribution is -2.11. The second kappa shape index (κ2) is 8.03. The summed E-state index contributed by atoms with van der Waals surface area (Å²) in [5.74, 6) is 1.90. The number of carbonyl (C=O) groups excluding carboxylic acids is 1. The van der Waals surface area contributed by atoms with Crippen LogP contribution in [0.3, 0.4) is 0 Å². The molecule has 1 aromatic heterocycles. The van der Waals surface area contributed by atoms with E-state index in [9.17, 15) is 4.79 Å². The number of anilines is 3. The molecule has 0 aliphatic carbocycles. The number of benzene rings is 1. The Morgan fingerprint density at radius 2 is 2.00 bits per heavy atom. The first-order valence-electron chi connectivity index (χ1n) is 7.41. The third kappa shape index (κ3) is 4.60. The third-order valence-electron chi connectivity index (χ3n) is 3.20. The van der Waals surface area contributed by atoms with Crippen LogP contribution in [0.25, 0.3) is 0 Å². The molecule has 2 N–H and O–H groups in total. The van der Waals surface area contributed by atoms with Gasteiger partial charge in [-0.3, -0.25) is 4.79 Å². The first-order chi connectivity index (χ1) is 11.2. The number of ether oxygens (including phenoxy) is 2. The Hall–Kier alpha value is -2.76. The summed E-state index contributed by atoms with van der Waals surface area (Å²) in [5, 5.41) is 5.98. The van der Waals surface area contributed by atoms with E-state index in [2.05, 4.69) is 15.6 Å². The van der Waals surface area contributed by atoms with E-state index in [0.29, 0.717) is 18.0 Å². The van der Waals surface area contributed by atoms with Crippen molar-refractivity contribution in [3.05, 3.63) is 36.5 Å². The summed E-state index contributed by atoms with van der Waals surface area (Å²) in [6, 6.07) is 9.12. The summed E-state index contributed by atoms with van der Waals surface area (Å²) in [4.78, 5) is 15.8. The Kier molecular flexibility index (Phi) is 5.80. The molecular formula is C17H21N3O3. The van der Waals surface area contributed by atoms with Gasteiger partial charge in [-0.25, -0.2) is 4.98 Å². The number of methoxy groups -OCH3 is 2. The van der Waals surface area contributed by atoms with Gasteiger partial charge in [-0.15, -0.1) is 0 Å². The minimum atomic E-state index is -0.0301. The molecule has 0 spiro atoms. The minimum absolute atomic E-state index is 0.0301. The third-order valence-corrected chi connectivity index (χ3v) is 3.20. The highest BCUT2D eigenvalue weighted by Crippen LogP contribution is 2.31. The van der Waals surface area contributed by atoms with E-state index in [1.165, 1.54) is 0 Å². The number of carbonyl (C=O) groups is 1. The van der Waals surface area contributed by atoms with Crippen molar-refractivity contribution in [3.63, 3.8) is 0 Å². The highest BCUT2D eigenvalue weighted by Gasteiger charge is 2.06. The number of hydrogen-bond donors (Lipinski definition) is 2. The van der Waals surface area contributed by atoms with Crippen LogP contribution >= 0.6 is 0 Å². The normalized spacial score (nSPS) is 10.0. The first kappa shape index (κ1) is 16.6. The molecule has 0 saturated carbocycles. The summed E-state index contributed by atoms with van der Waals surface area (Å²) in [5.41, 5.74) is 1.60. The van der Waals surface area contributed by atoms with Gasteiger partial charge in [0.15, 0.2) is 0 Å². The summed E-state index contributed by atoms with van der Waals surface area (Å²) >= 11 is 0. The molecule has 2 aromatic rings. The monoisotopic (exact) mass is 315 g/mol. The first-order valence-corrected chi connectivity index (χ1v) is 7.41. The molecule has 0 unspecified atom stereocenters. The molecule has 2 rings (SSSR count). The Morgan fingerprint density at radius 3 is 2.61 bits per heavy atom. The highest BCUT2D eigenvalue weighted by molar-refractivity contribution is 5.89. The molecule has 0 aliphatic heterocycles. The largest absolute Gasteiger partial charge is 0.497 e. The maximum absolute atomic E-state index is 11.5. The second-order valence-corrected chi connectivity index (χ2v) is 4.92. The molecule has 1 aromatic carbocycles. The molecule has 6 nitrogen and oxygen atoms in total. The van der Waals surface area contributed by atoms with E-state index in [0.717, 1.165) is 23.5 Å². The van der Waals surface area contributed by atoms with Gasteiger partial charge in [-0.1, -0.05) is 6.92 Å². The van der Waals surface area contributed by atoms with Crippen LogP contribution in [-0.4, -0.2) is 25.1 Å². The summed E-state index contributed by atoms with van der Waals surface area (Å²) < 4.78 is 10.5. The molecule has 0 atom stereocenters. The van der Waals surface area contributed by atoms with Crippen LogP contribution in [0.4, 0.5) is 17.2 Å². The van der Waals surface area contributed by atoms with Gasteiger partial charge in [-0.2, -0.15) is 0 Å². The van der Waals surface area contributed by atoms with Gasteiger partial charge in [0, 0.05) is 12.5 Å². The van der Waals surface area contributed by atoms with Gasteiger partial charge in [0.2, 0.25) is 5.91 Å². The molecule has 122 valence electrons. The Labute approximate surface area is 135 Å². The number of hydrogen-bond acceptors (Lipinski definition) is 5. The van der Waals surface area contributed by atoms with Gasteiger partial charge >= 0.3 is 0 Å². The quantitative estimate of drug-likeness (QED) is 0.817. The van der Waals surface area contributed by atoms with Crippen LogP contribution in [-0.2, 0) is 4.79 Å². The van der Waals surface area contributed by atoms with Gasteiger partial charge in [0.05, 0.1) is 31.8 Å². The average Bonchev–Trinajstić information content (AvgIpc) is 2.57. The fraction of sp³-hybridized carbons (Fsp3) is 0.294. The number of amides is 1. The maximum atomic E-state index is 11.5. The minimum Gasteiger partial charge on any atom is -0.497 e. The number of nitrogens with zero attached hydrogens (tertiary/aromatic N) is 1. The van der Waals surface area contributed by atoms with E-state index >= 15 is 0 Å². The van der Waals surface area contributed by atoms with Gasteiger partial charge < -0.3 is 20.1 Å². The van der Waals surface area contributed by atoms with E-state index in [-0.39, 0.29) is 5.91 Å². The van der Waals surface area contributed by atoms with Crippen molar-refractivity contribution in [1.82, 2.24) is 4.98 Å². The van der Waals surface area contributed by atoms with Crippen molar-refractivity contribution < 1.29 is 14.3 Å². The predicted molar refractivity (Wildman–Crippen MR) is 90.6 cm³/mol. The molecule has 6 heteroatoms. The predicted octanol–water partition coefficient (Wildman–Crippen LogP) is 3.58. The standard InChI is InChI=1S/C17H21N3O3/c1-4-5-17(21)20-16-9-6-12(11-18-16)19-14-8-7-13(22-2)10-15(14)23-3/h6-11,19H,4-5H2,1-3H3,(H,18,20,21). The summed E-state index contributed by atoms with van der Waals surface area (Å²) in [6.45, 7) is 1.96. The smallest absolute Gasteiger partial charge is 0.225 e. The van der Waals surface area contributed by atoms with Crippen LogP contribution in [0.2, 0.25) is 0 Å². The molecule has 0 bridgehead atoms. The number of rotatable bonds is 7. The topological polar surface area (TPSA) is 72.5 Å². The van der Waals surface area contributed by atoms with Crippen molar-refractivity contribution >= 4 is 23.1 Å². The molecule has 0 saturated heterocycles. The van der Waals surface area contributed by atoms with Gasteiger partial charge in [0.25, 0.3) is 0 Å². The lowest BCUT2D eigenvalue weighted by Gasteiger charge is -2.12. The van der Waals surface area contributed by atoms with Crippen molar-refractivity contribution in [3.8, 4) is 11.5 Å².